The van der Waals surface area contributed by atoms with Gasteiger partial charge in [-0.3, -0.25) is 0 Å². The summed E-state index contributed by atoms with van der Waals surface area (Å²) in [6, 6.07) is 0. The molecule has 0 aromatic carbocycles. The zero-order valence-electron chi connectivity index (χ0n) is 4.54. The van der Waals surface area contributed by atoms with Crippen molar-refractivity contribution in [2.24, 2.45) is 0 Å². The molecule has 0 aromatic heterocycles. The highest BCUT2D eigenvalue weighted by atomic mass is 79.9. The van der Waals surface area contributed by atoms with Crippen molar-refractivity contribution in [2.45, 2.75) is 11.9 Å². The van der Waals surface area contributed by atoms with Gasteiger partial charge in [0.25, 0.3) is 0 Å². The molecule has 0 saturated heterocycles. The Morgan fingerprint density at radius 2 is 1.89 bits per heavy atom. The molecule has 0 heterocycles. The van der Waals surface area contributed by atoms with Crippen LogP contribution < -0.4 is 0 Å². The summed E-state index contributed by atoms with van der Waals surface area (Å²) in [6.45, 7) is 0. The maximum Gasteiger partial charge on any atom is 0.441 e. The summed E-state index contributed by atoms with van der Waals surface area (Å²) in [4.78, 5) is 0. The molecule has 56 valence electrons. The molecule has 0 rings (SSSR count). The van der Waals surface area contributed by atoms with E-state index in [1.54, 1.807) is 0 Å². The molecule has 0 aromatic rings. The maximum atomic E-state index is 11.3. The highest BCUT2D eigenvalue weighted by Crippen LogP contribution is 2.30. The minimum Gasteiger partial charge on any atom is -0.160 e. The normalized spacial score (nSPS) is 12.0. The van der Waals surface area contributed by atoms with Crippen molar-refractivity contribution in [3.8, 4) is 0 Å². The van der Waals surface area contributed by atoms with E-state index in [4.69, 9.17) is 0 Å². The second kappa shape index (κ2) is 4.44. The Kier molecular flexibility index (Phi) is 4.74. The van der Waals surface area contributed by atoms with Crippen LogP contribution in [0, 0.1) is 0 Å². The maximum absolute atomic E-state index is 11.3. The van der Waals surface area contributed by atoms with Crippen LogP contribution in [0.25, 0.3) is 0 Å². The summed E-state index contributed by atoms with van der Waals surface area (Å²) in [7, 11) is 0. The molecule has 0 unspecified atom stereocenters. The molecule has 0 aliphatic rings. The fraction of sp³-hybridized carbons (Fsp3) is 1.00. The SMILES string of the molecule is FC(F)(F)SCCCBr. The summed E-state index contributed by atoms with van der Waals surface area (Å²) >= 11 is 3.06. The van der Waals surface area contributed by atoms with E-state index in [2.05, 4.69) is 15.9 Å². The van der Waals surface area contributed by atoms with E-state index in [0.29, 0.717) is 11.8 Å². The fourth-order valence-corrected chi connectivity index (χ4v) is 1.41. The van der Waals surface area contributed by atoms with Crippen LogP contribution in [0.3, 0.4) is 0 Å². The third-order valence-corrected chi connectivity index (χ3v) is 1.92. The van der Waals surface area contributed by atoms with Gasteiger partial charge in [0.15, 0.2) is 0 Å². The van der Waals surface area contributed by atoms with Gasteiger partial charge in [-0.05, 0) is 6.42 Å². The second-order valence-electron chi connectivity index (χ2n) is 1.34. The van der Waals surface area contributed by atoms with Gasteiger partial charge in [-0.25, -0.2) is 0 Å². The van der Waals surface area contributed by atoms with Crippen molar-refractivity contribution in [3.05, 3.63) is 0 Å². The third-order valence-electron chi connectivity index (χ3n) is 0.544. The Balaban J connectivity index is 3.07. The molecule has 0 spiro atoms. The molecule has 0 bridgehead atoms. The first kappa shape index (κ1) is 9.62. The quantitative estimate of drug-likeness (QED) is 0.523. The van der Waals surface area contributed by atoms with Gasteiger partial charge in [-0.1, -0.05) is 27.7 Å². The zero-order chi connectivity index (χ0) is 7.33. The molecule has 0 radical (unpaired) electrons. The molecule has 0 nitrogen and oxygen atoms in total. The lowest BCUT2D eigenvalue weighted by Crippen LogP contribution is -2.01. The number of hydrogen-bond donors (Lipinski definition) is 0. The van der Waals surface area contributed by atoms with Crippen LogP contribution in [0.1, 0.15) is 6.42 Å². The summed E-state index contributed by atoms with van der Waals surface area (Å²) < 4.78 is 34.0. The zero-order valence-corrected chi connectivity index (χ0v) is 6.94. The van der Waals surface area contributed by atoms with Crippen LogP contribution in [0.2, 0.25) is 0 Å². The van der Waals surface area contributed by atoms with Crippen molar-refractivity contribution in [1.29, 1.82) is 0 Å². The average Bonchev–Trinajstić information content (AvgIpc) is 1.63. The first-order valence-corrected chi connectivity index (χ1v) is 4.43. The summed E-state index contributed by atoms with van der Waals surface area (Å²) in [5.41, 5.74) is -4.05. The first-order chi connectivity index (χ1) is 4.06. The molecule has 0 amide bonds. The molecule has 0 N–H and O–H groups in total. The van der Waals surface area contributed by atoms with E-state index < -0.39 is 5.51 Å². The van der Waals surface area contributed by atoms with Crippen LogP contribution in [0.15, 0.2) is 0 Å². The van der Waals surface area contributed by atoms with Crippen LogP contribution in [0.5, 0.6) is 0 Å². The standard InChI is InChI=1S/C4H6BrF3S/c5-2-1-3-9-4(6,7)8/h1-3H2. The molecule has 5 heteroatoms. The van der Waals surface area contributed by atoms with Crippen LogP contribution in [0.4, 0.5) is 13.2 Å². The van der Waals surface area contributed by atoms with E-state index in [0.717, 1.165) is 0 Å². The first-order valence-electron chi connectivity index (χ1n) is 2.33. The summed E-state index contributed by atoms with van der Waals surface area (Å²) in [5, 5.41) is 0.635. The number of alkyl halides is 4. The average molecular weight is 223 g/mol. The Bertz CT molecular complexity index is 72.7. The van der Waals surface area contributed by atoms with Crippen LogP contribution in [-0.2, 0) is 0 Å². The number of hydrogen-bond acceptors (Lipinski definition) is 1. The van der Waals surface area contributed by atoms with Crippen molar-refractivity contribution in [1.82, 2.24) is 0 Å². The predicted molar refractivity (Wildman–Crippen MR) is 36.9 cm³/mol. The van der Waals surface area contributed by atoms with Gasteiger partial charge < -0.3 is 0 Å². The molecule has 0 atom stereocenters. The lowest BCUT2D eigenvalue weighted by molar-refractivity contribution is -0.0327. The van der Waals surface area contributed by atoms with Crippen LogP contribution in [-0.4, -0.2) is 16.6 Å². The van der Waals surface area contributed by atoms with Gasteiger partial charge >= 0.3 is 5.51 Å². The van der Waals surface area contributed by atoms with Gasteiger partial charge in [0.05, 0.1) is 0 Å². The Labute approximate surface area is 64.3 Å². The van der Waals surface area contributed by atoms with Gasteiger partial charge in [0, 0.05) is 11.1 Å². The van der Waals surface area contributed by atoms with Crippen molar-refractivity contribution in [2.75, 3.05) is 11.1 Å². The third kappa shape index (κ3) is 8.62. The predicted octanol–water partition coefficient (Wildman–Crippen LogP) is 3.02. The largest absolute Gasteiger partial charge is 0.441 e. The molecular weight excluding hydrogens is 217 g/mol. The monoisotopic (exact) mass is 222 g/mol. The van der Waals surface area contributed by atoms with Gasteiger partial charge in [-0.2, -0.15) is 13.2 Å². The van der Waals surface area contributed by atoms with Crippen LogP contribution >= 0.6 is 27.7 Å². The highest BCUT2D eigenvalue weighted by Gasteiger charge is 2.26. The van der Waals surface area contributed by atoms with Gasteiger partial charge in [-0.15, -0.1) is 0 Å². The topological polar surface area (TPSA) is 0 Å². The van der Waals surface area contributed by atoms with Gasteiger partial charge in [0.2, 0.25) is 0 Å². The Morgan fingerprint density at radius 3 is 2.22 bits per heavy atom. The van der Waals surface area contributed by atoms with Gasteiger partial charge in [0.1, 0.15) is 0 Å². The van der Waals surface area contributed by atoms with E-state index in [1.165, 1.54) is 0 Å². The molecule has 0 fully saturated rings. The smallest absolute Gasteiger partial charge is 0.160 e. The number of rotatable bonds is 3. The second-order valence-corrected chi connectivity index (χ2v) is 3.29. The summed E-state index contributed by atoms with van der Waals surface area (Å²) in [5.74, 6) is 0.148. The minimum absolute atomic E-state index is 0.0281. The molecule has 0 aliphatic heterocycles. The summed E-state index contributed by atoms with van der Waals surface area (Å²) in [6.07, 6.45) is 0.560. The molecule has 0 aliphatic carbocycles. The van der Waals surface area contributed by atoms with E-state index in [9.17, 15) is 13.2 Å². The minimum atomic E-state index is -4.05. The molecule has 9 heavy (non-hydrogen) atoms. The lowest BCUT2D eigenvalue weighted by atomic mass is 10.6. The van der Waals surface area contributed by atoms with E-state index in [1.807, 2.05) is 0 Å². The highest BCUT2D eigenvalue weighted by molar-refractivity contribution is 9.09. The molecular formula is C4H6BrF3S. The van der Waals surface area contributed by atoms with Crippen molar-refractivity contribution >= 4 is 27.7 Å². The van der Waals surface area contributed by atoms with E-state index >= 15 is 0 Å². The Morgan fingerprint density at radius 1 is 1.33 bits per heavy atom. The fourth-order valence-electron chi connectivity index (χ4n) is 0.242. The van der Waals surface area contributed by atoms with Crippen molar-refractivity contribution in [3.63, 3.8) is 0 Å². The lowest BCUT2D eigenvalue weighted by Gasteiger charge is -2.02. The van der Waals surface area contributed by atoms with E-state index in [-0.39, 0.29) is 17.5 Å². The Hall–Kier alpha value is 0.620. The number of thioether (sulfide) groups is 1. The molecule has 0 saturated carbocycles. The number of halogens is 4. The van der Waals surface area contributed by atoms with Crippen molar-refractivity contribution < 1.29 is 13.2 Å².